The standard InChI is InChI=1S/C18H15N3O3/c22-16(21-24)11-12-6-8-14(9-7-12)18(23)20-15-5-1-3-13-4-2-10-19-17(13)15/h1-10,24H,11H2,(H,20,23)(H,21,22). The lowest BCUT2D eigenvalue weighted by molar-refractivity contribution is -0.128. The number of hydrogen-bond donors (Lipinski definition) is 3. The van der Waals surface area contributed by atoms with E-state index in [1.165, 1.54) is 0 Å². The van der Waals surface area contributed by atoms with E-state index in [2.05, 4.69) is 10.3 Å². The van der Waals surface area contributed by atoms with Crippen LogP contribution in [-0.4, -0.2) is 22.0 Å². The smallest absolute Gasteiger partial charge is 0.255 e. The average molecular weight is 321 g/mol. The lowest BCUT2D eigenvalue weighted by Crippen LogP contribution is -2.20. The van der Waals surface area contributed by atoms with Crippen LogP contribution in [0.3, 0.4) is 0 Å². The van der Waals surface area contributed by atoms with Gasteiger partial charge < -0.3 is 5.32 Å². The second-order valence-electron chi connectivity index (χ2n) is 5.24. The number of hydroxylamine groups is 1. The van der Waals surface area contributed by atoms with Gasteiger partial charge in [0.25, 0.3) is 5.91 Å². The Kier molecular flexibility index (Phi) is 4.49. The number of rotatable bonds is 4. The minimum atomic E-state index is -0.506. The molecule has 0 unspecified atom stereocenters. The summed E-state index contributed by atoms with van der Waals surface area (Å²) in [5.41, 5.74) is 4.11. The van der Waals surface area contributed by atoms with Gasteiger partial charge in [0.05, 0.1) is 17.6 Å². The third-order valence-corrected chi connectivity index (χ3v) is 3.59. The van der Waals surface area contributed by atoms with Crippen LogP contribution in [0.5, 0.6) is 0 Å². The quantitative estimate of drug-likeness (QED) is 0.509. The summed E-state index contributed by atoms with van der Waals surface area (Å²) in [6.07, 6.45) is 1.73. The Morgan fingerprint density at radius 2 is 1.75 bits per heavy atom. The van der Waals surface area contributed by atoms with Crippen LogP contribution >= 0.6 is 0 Å². The van der Waals surface area contributed by atoms with E-state index in [1.54, 1.807) is 42.0 Å². The molecule has 0 aliphatic rings. The van der Waals surface area contributed by atoms with E-state index in [1.807, 2.05) is 24.3 Å². The maximum Gasteiger partial charge on any atom is 0.255 e. The highest BCUT2D eigenvalue weighted by atomic mass is 16.5. The topological polar surface area (TPSA) is 91.3 Å². The van der Waals surface area contributed by atoms with Crippen LogP contribution in [0.25, 0.3) is 10.9 Å². The monoisotopic (exact) mass is 321 g/mol. The summed E-state index contributed by atoms with van der Waals surface area (Å²) >= 11 is 0. The van der Waals surface area contributed by atoms with Gasteiger partial charge in [0.1, 0.15) is 0 Å². The van der Waals surface area contributed by atoms with Crippen molar-refractivity contribution in [1.82, 2.24) is 10.5 Å². The predicted molar refractivity (Wildman–Crippen MR) is 89.8 cm³/mol. The van der Waals surface area contributed by atoms with E-state index < -0.39 is 5.91 Å². The second kappa shape index (κ2) is 6.89. The van der Waals surface area contributed by atoms with Gasteiger partial charge in [0.2, 0.25) is 5.91 Å². The highest BCUT2D eigenvalue weighted by Crippen LogP contribution is 2.21. The van der Waals surface area contributed by atoms with Crippen molar-refractivity contribution >= 4 is 28.4 Å². The SMILES string of the molecule is O=C(Cc1ccc(C(=O)Nc2cccc3cccnc23)cc1)NO. The summed E-state index contributed by atoms with van der Waals surface area (Å²) in [7, 11) is 0. The number of para-hydroxylation sites is 1. The minimum Gasteiger partial charge on any atom is -0.320 e. The fourth-order valence-corrected chi connectivity index (χ4v) is 2.40. The normalized spacial score (nSPS) is 10.4. The van der Waals surface area contributed by atoms with Crippen molar-refractivity contribution in [2.45, 2.75) is 6.42 Å². The molecule has 120 valence electrons. The Balaban J connectivity index is 1.78. The number of nitrogens with zero attached hydrogens (tertiary/aromatic N) is 1. The molecule has 6 nitrogen and oxygen atoms in total. The number of anilines is 1. The largest absolute Gasteiger partial charge is 0.320 e. The second-order valence-corrected chi connectivity index (χ2v) is 5.24. The van der Waals surface area contributed by atoms with Crippen molar-refractivity contribution in [2.75, 3.05) is 5.32 Å². The Labute approximate surface area is 138 Å². The van der Waals surface area contributed by atoms with Crippen LogP contribution in [0.15, 0.2) is 60.8 Å². The maximum absolute atomic E-state index is 12.4. The molecule has 0 aliphatic heterocycles. The molecular formula is C18H15N3O3. The molecule has 0 fully saturated rings. The van der Waals surface area contributed by atoms with Crippen molar-refractivity contribution in [3.8, 4) is 0 Å². The Hall–Kier alpha value is -3.25. The van der Waals surface area contributed by atoms with Crippen molar-refractivity contribution in [2.24, 2.45) is 0 Å². The van der Waals surface area contributed by atoms with E-state index in [9.17, 15) is 9.59 Å². The maximum atomic E-state index is 12.4. The number of amides is 2. The van der Waals surface area contributed by atoms with Crippen molar-refractivity contribution in [3.05, 3.63) is 71.9 Å². The van der Waals surface area contributed by atoms with Gasteiger partial charge in [-0.25, -0.2) is 5.48 Å². The summed E-state index contributed by atoms with van der Waals surface area (Å²) in [5.74, 6) is -0.764. The molecule has 0 spiro atoms. The average Bonchev–Trinajstić information content (AvgIpc) is 2.62. The molecule has 0 saturated heterocycles. The van der Waals surface area contributed by atoms with Gasteiger partial charge in [0.15, 0.2) is 0 Å². The molecule has 3 aromatic rings. The molecule has 3 rings (SSSR count). The molecule has 0 aliphatic carbocycles. The first-order valence-corrected chi connectivity index (χ1v) is 7.34. The number of benzene rings is 2. The Morgan fingerprint density at radius 1 is 1.00 bits per heavy atom. The molecule has 2 aromatic carbocycles. The number of aromatic nitrogens is 1. The van der Waals surface area contributed by atoms with E-state index >= 15 is 0 Å². The zero-order valence-electron chi connectivity index (χ0n) is 12.7. The first kappa shape index (κ1) is 15.6. The summed E-state index contributed by atoms with van der Waals surface area (Å²) in [6, 6.07) is 16.0. The summed E-state index contributed by atoms with van der Waals surface area (Å²) in [4.78, 5) is 27.8. The first-order chi connectivity index (χ1) is 11.7. The number of carbonyl (C=O) groups is 2. The van der Waals surface area contributed by atoms with Gasteiger partial charge in [0, 0.05) is 17.1 Å². The van der Waals surface area contributed by atoms with E-state index in [0.29, 0.717) is 16.8 Å². The molecule has 1 aromatic heterocycles. The van der Waals surface area contributed by atoms with Gasteiger partial charge in [-0.1, -0.05) is 30.3 Å². The number of carbonyl (C=O) groups excluding carboxylic acids is 2. The van der Waals surface area contributed by atoms with Crippen LogP contribution < -0.4 is 10.8 Å². The summed E-state index contributed by atoms with van der Waals surface area (Å²) in [6.45, 7) is 0. The molecule has 0 saturated carbocycles. The molecule has 0 bridgehead atoms. The van der Waals surface area contributed by atoms with Crippen molar-refractivity contribution in [3.63, 3.8) is 0 Å². The van der Waals surface area contributed by atoms with Gasteiger partial charge in [-0.05, 0) is 29.8 Å². The molecule has 24 heavy (non-hydrogen) atoms. The summed E-state index contributed by atoms with van der Waals surface area (Å²) < 4.78 is 0. The molecule has 0 radical (unpaired) electrons. The summed E-state index contributed by atoms with van der Waals surface area (Å²) in [5, 5.41) is 12.3. The predicted octanol–water partition coefficient (Wildman–Crippen LogP) is 2.53. The lowest BCUT2D eigenvalue weighted by Gasteiger charge is -2.08. The number of hydrogen-bond acceptors (Lipinski definition) is 4. The van der Waals surface area contributed by atoms with Crippen molar-refractivity contribution in [1.29, 1.82) is 0 Å². The molecule has 1 heterocycles. The van der Waals surface area contributed by atoms with Gasteiger partial charge in [-0.2, -0.15) is 0 Å². The van der Waals surface area contributed by atoms with Crippen LogP contribution in [0.2, 0.25) is 0 Å². The zero-order valence-corrected chi connectivity index (χ0v) is 12.7. The van der Waals surface area contributed by atoms with Crippen LogP contribution in [0, 0.1) is 0 Å². The number of fused-ring (bicyclic) bond motifs is 1. The molecule has 2 amide bonds. The Bertz CT molecular complexity index is 886. The fraction of sp³-hybridized carbons (Fsp3) is 0.0556. The van der Waals surface area contributed by atoms with Crippen LogP contribution in [0.4, 0.5) is 5.69 Å². The highest BCUT2D eigenvalue weighted by Gasteiger charge is 2.09. The third kappa shape index (κ3) is 3.39. The van der Waals surface area contributed by atoms with Gasteiger partial charge in [-0.15, -0.1) is 0 Å². The zero-order chi connectivity index (χ0) is 16.9. The van der Waals surface area contributed by atoms with E-state index in [4.69, 9.17) is 5.21 Å². The van der Waals surface area contributed by atoms with Crippen LogP contribution in [0.1, 0.15) is 15.9 Å². The van der Waals surface area contributed by atoms with Gasteiger partial charge >= 0.3 is 0 Å². The molecule has 6 heteroatoms. The van der Waals surface area contributed by atoms with E-state index in [-0.39, 0.29) is 12.3 Å². The lowest BCUT2D eigenvalue weighted by atomic mass is 10.1. The number of nitrogens with one attached hydrogen (secondary N) is 2. The molecule has 0 atom stereocenters. The first-order valence-electron chi connectivity index (χ1n) is 7.34. The van der Waals surface area contributed by atoms with E-state index in [0.717, 1.165) is 10.9 Å². The van der Waals surface area contributed by atoms with Crippen LogP contribution in [-0.2, 0) is 11.2 Å². The fourth-order valence-electron chi connectivity index (χ4n) is 2.40. The number of pyridine rings is 1. The third-order valence-electron chi connectivity index (χ3n) is 3.59. The Morgan fingerprint density at radius 3 is 2.50 bits per heavy atom. The minimum absolute atomic E-state index is 0.0473. The van der Waals surface area contributed by atoms with Gasteiger partial charge in [-0.3, -0.25) is 19.8 Å². The highest BCUT2D eigenvalue weighted by molar-refractivity contribution is 6.08. The van der Waals surface area contributed by atoms with Crippen molar-refractivity contribution < 1.29 is 14.8 Å². The molecule has 3 N–H and O–H groups in total. The molecular weight excluding hydrogens is 306 g/mol.